The highest BCUT2D eigenvalue weighted by molar-refractivity contribution is 6.31. The summed E-state index contributed by atoms with van der Waals surface area (Å²) in [6.45, 7) is 5.64. The van der Waals surface area contributed by atoms with Crippen LogP contribution < -0.4 is 5.73 Å². The molecule has 15 heavy (non-hydrogen) atoms. The minimum absolute atomic E-state index is 0. The normalized spacial score (nSPS) is 11.7. The number of halogens is 3. The molecule has 0 unspecified atom stereocenters. The van der Waals surface area contributed by atoms with E-state index in [1.54, 1.807) is 0 Å². The van der Waals surface area contributed by atoms with Gasteiger partial charge in [0.1, 0.15) is 5.82 Å². The molecular formula is C11H14Cl2FN. The number of hydrogen-bond donors (Lipinski definition) is 1. The Kier molecular flexibility index (Phi) is 5.88. The third-order valence-corrected chi connectivity index (χ3v) is 2.27. The molecule has 1 atom stereocenters. The molecule has 0 fully saturated rings. The Balaban J connectivity index is 0.00000196. The fourth-order valence-electron chi connectivity index (χ4n) is 1.28. The first-order chi connectivity index (χ1) is 6.50. The lowest BCUT2D eigenvalue weighted by Crippen LogP contribution is -2.11. The molecule has 0 saturated carbocycles. The second-order valence-corrected chi connectivity index (χ2v) is 3.84. The first kappa shape index (κ1) is 14.4. The Morgan fingerprint density at radius 2 is 2.20 bits per heavy atom. The lowest BCUT2D eigenvalue weighted by atomic mass is 10.0. The molecule has 0 spiro atoms. The summed E-state index contributed by atoms with van der Waals surface area (Å²) in [5.41, 5.74) is 7.44. The molecule has 0 amide bonds. The van der Waals surface area contributed by atoms with Crippen LogP contribution >= 0.6 is 24.0 Å². The zero-order chi connectivity index (χ0) is 10.7. The van der Waals surface area contributed by atoms with Gasteiger partial charge in [-0.05, 0) is 37.1 Å². The van der Waals surface area contributed by atoms with Gasteiger partial charge >= 0.3 is 0 Å². The SMILES string of the molecule is C=C(C)C[C@H](N)c1cc(F)ccc1Cl.Cl. The van der Waals surface area contributed by atoms with Crippen molar-refractivity contribution in [2.45, 2.75) is 19.4 Å². The van der Waals surface area contributed by atoms with Gasteiger partial charge < -0.3 is 5.73 Å². The van der Waals surface area contributed by atoms with E-state index in [9.17, 15) is 4.39 Å². The monoisotopic (exact) mass is 249 g/mol. The Hall–Kier alpha value is -0.570. The summed E-state index contributed by atoms with van der Waals surface area (Å²) in [5, 5.41) is 0.500. The van der Waals surface area contributed by atoms with E-state index in [4.69, 9.17) is 17.3 Å². The first-order valence-electron chi connectivity index (χ1n) is 4.35. The highest BCUT2D eigenvalue weighted by Crippen LogP contribution is 2.25. The maximum absolute atomic E-state index is 12.9. The van der Waals surface area contributed by atoms with Gasteiger partial charge in [-0.25, -0.2) is 4.39 Å². The standard InChI is InChI=1S/C11H13ClFN.ClH/c1-7(2)5-11(14)9-6-8(13)3-4-10(9)12;/h3-4,6,11H,1,5,14H2,2H3;1H/t11-;/m0./s1. The molecule has 0 heterocycles. The Morgan fingerprint density at radius 3 is 2.73 bits per heavy atom. The summed E-state index contributed by atoms with van der Waals surface area (Å²) in [5.74, 6) is -0.318. The molecule has 0 aliphatic heterocycles. The first-order valence-corrected chi connectivity index (χ1v) is 4.73. The van der Waals surface area contributed by atoms with Crippen molar-refractivity contribution >= 4 is 24.0 Å². The van der Waals surface area contributed by atoms with Crippen molar-refractivity contribution in [1.82, 2.24) is 0 Å². The second-order valence-electron chi connectivity index (χ2n) is 3.43. The van der Waals surface area contributed by atoms with Crippen LogP contribution in [0, 0.1) is 5.82 Å². The molecule has 0 radical (unpaired) electrons. The molecule has 4 heteroatoms. The minimum atomic E-state index is -0.318. The number of hydrogen-bond acceptors (Lipinski definition) is 1. The molecule has 1 nitrogen and oxygen atoms in total. The molecule has 2 N–H and O–H groups in total. The third kappa shape index (κ3) is 4.20. The summed E-state index contributed by atoms with van der Waals surface area (Å²) in [4.78, 5) is 0. The zero-order valence-electron chi connectivity index (χ0n) is 8.47. The van der Waals surface area contributed by atoms with Crippen molar-refractivity contribution in [3.63, 3.8) is 0 Å². The molecule has 1 aromatic rings. The lowest BCUT2D eigenvalue weighted by molar-refractivity contribution is 0.618. The Labute approximate surface area is 101 Å². The fraction of sp³-hybridized carbons (Fsp3) is 0.273. The van der Waals surface area contributed by atoms with Crippen LogP contribution in [0.1, 0.15) is 24.9 Å². The van der Waals surface area contributed by atoms with Crippen molar-refractivity contribution in [3.8, 4) is 0 Å². The Bertz CT molecular complexity index is 352. The van der Waals surface area contributed by atoms with Gasteiger partial charge in [-0.3, -0.25) is 0 Å². The van der Waals surface area contributed by atoms with Crippen molar-refractivity contribution in [3.05, 3.63) is 46.8 Å². The number of nitrogens with two attached hydrogens (primary N) is 1. The van der Waals surface area contributed by atoms with Crippen LogP contribution in [0.25, 0.3) is 0 Å². The van der Waals surface area contributed by atoms with E-state index in [1.165, 1.54) is 18.2 Å². The van der Waals surface area contributed by atoms with Gasteiger partial charge in [0.15, 0.2) is 0 Å². The van der Waals surface area contributed by atoms with Gasteiger partial charge in [-0.2, -0.15) is 0 Å². The van der Waals surface area contributed by atoms with Crippen molar-refractivity contribution in [1.29, 1.82) is 0 Å². The van der Waals surface area contributed by atoms with E-state index in [2.05, 4.69) is 6.58 Å². The van der Waals surface area contributed by atoms with E-state index in [0.29, 0.717) is 17.0 Å². The van der Waals surface area contributed by atoms with Crippen molar-refractivity contribution in [2.24, 2.45) is 5.73 Å². The van der Waals surface area contributed by atoms with Crippen LogP contribution in [0.15, 0.2) is 30.4 Å². The highest BCUT2D eigenvalue weighted by atomic mass is 35.5. The van der Waals surface area contributed by atoms with Gasteiger partial charge in [-0.1, -0.05) is 17.2 Å². The van der Waals surface area contributed by atoms with Gasteiger partial charge in [0.2, 0.25) is 0 Å². The van der Waals surface area contributed by atoms with Crippen LogP contribution in [0.4, 0.5) is 4.39 Å². The minimum Gasteiger partial charge on any atom is -0.324 e. The summed E-state index contributed by atoms with van der Waals surface area (Å²) in [7, 11) is 0. The Morgan fingerprint density at radius 1 is 1.60 bits per heavy atom. The second kappa shape index (κ2) is 6.11. The topological polar surface area (TPSA) is 26.0 Å². The predicted octanol–water partition coefficient (Wildman–Crippen LogP) is 3.87. The summed E-state index contributed by atoms with van der Waals surface area (Å²) < 4.78 is 12.9. The molecule has 0 bridgehead atoms. The van der Waals surface area contributed by atoms with E-state index in [0.717, 1.165) is 5.57 Å². The average Bonchev–Trinajstić information content (AvgIpc) is 2.08. The molecule has 0 aromatic heterocycles. The van der Waals surface area contributed by atoms with Gasteiger partial charge in [0.25, 0.3) is 0 Å². The van der Waals surface area contributed by atoms with Gasteiger partial charge in [0, 0.05) is 11.1 Å². The number of rotatable bonds is 3. The third-order valence-electron chi connectivity index (χ3n) is 1.93. The molecular weight excluding hydrogens is 236 g/mol. The van der Waals surface area contributed by atoms with E-state index in [1.807, 2.05) is 6.92 Å². The summed E-state index contributed by atoms with van der Waals surface area (Å²) in [6.07, 6.45) is 0.614. The van der Waals surface area contributed by atoms with Crippen molar-refractivity contribution < 1.29 is 4.39 Å². The van der Waals surface area contributed by atoms with Gasteiger partial charge in [0.05, 0.1) is 0 Å². The van der Waals surface area contributed by atoms with Crippen molar-refractivity contribution in [2.75, 3.05) is 0 Å². The smallest absolute Gasteiger partial charge is 0.123 e. The molecule has 1 aromatic carbocycles. The molecule has 1 rings (SSSR count). The van der Waals surface area contributed by atoms with Crippen LogP contribution in [0.5, 0.6) is 0 Å². The van der Waals surface area contributed by atoms with E-state index < -0.39 is 0 Å². The lowest BCUT2D eigenvalue weighted by Gasteiger charge is -2.13. The maximum Gasteiger partial charge on any atom is 0.123 e. The molecule has 84 valence electrons. The van der Waals surface area contributed by atoms with Gasteiger partial charge in [-0.15, -0.1) is 19.0 Å². The summed E-state index contributed by atoms with van der Waals surface area (Å²) >= 11 is 5.90. The number of benzene rings is 1. The van der Waals surface area contributed by atoms with Crippen LogP contribution in [0.3, 0.4) is 0 Å². The molecule has 0 aliphatic rings. The highest BCUT2D eigenvalue weighted by Gasteiger charge is 2.10. The largest absolute Gasteiger partial charge is 0.324 e. The van der Waals surface area contributed by atoms with Crippen LogP contribution in [-0.4, -0.2) is 0 Å². The van der Waals surface area contributed by atoms with E-state index in [-0.39, 0.29) is 24.3 Å². The van der Waals surface area contributed by atoms with E-state index >= 15 is 0 Å². The van der Waals surface area contributed by atoms with Crippen LogP contribution in [-0.2, 0) is 0 Å². The maximum atomic E-state index is 12.9. The quantitative estimate of drug-likeness (QED) is 0.809. The molecule has 0 saturated heterocycles. The molecule has 0 aliphatic carbocycles. The van der Waals surface area contributed by atoms with Crippen LogP contribution in [0.2, 0.25) is 5.02 Å². The fourth-order valence-corrected chi connectivity index (χ4v) is 1.54. The average molecular weight is 250 g/mol. The predicted molar refractivity (Wildman–Crippen MR) is 65.0 cm³/mol. The zero-order valence-corrected chi connectivity index (χ0v) is 10.0. The summed E-state index contributed by atoms with van der Waals surface area (Å²) in [6, 6.07) is 3.93.